The topological polar surface area (TPSA) is 0 Å². The summed E-state index contributed by atoms with van der Waals surface area (Å²) in [7, 11) is -2.77. The van der Waals surface area contributed by atoms with E-state index in [1.54, 1.807) is 24.6 Å². The van der Waals surface area contributed by atoms with Gasteiger partial charge in [0.25, 0.3) is 0 Å². The molecule has 0 nitrogen and oxygen atoms in total. The summed E-state index contributed by atoms with van der Waals surface area (Å²) < 4.78 is 1.55. The van der Waals surface area contributed by atoms with E-state index in [-0.39, 0.29) is 37.2 Å². The van der Waals surface area contributed by atoms with Crippen molar-refractivity contribution in [3.63, 3.8) is 0 Å². The van der Waals surface area contributed by atoms with Crippen LogP contribution in [0.2, 0.25) is 0 Å². The van der Waals surface area contributed by atoms with Gasteiger partial charge in [-0.15, -0.1) is 37.2 Å². The zero-order valence-corrected chi connectivity index (χ0v) is 36.2. The molecule has 0 radical (unpaired) electrons. The van der Waals surface area contributed by atoms with Crippen molar-refractivity contribution in [3.05, 3.63) is 109 Å². The van der Waals surface area contributed by atoms with Gasteiger partial charge in [0.2, 0.25) is 0 Å². The second kappa shape index (κ2) is 17.7. The molecule has 0 unspecified atom stereocenters. The first kappa shape index (κ1) is 44.0. The summed E-state index contributed by atoms with van der Waals surface area (Å²) in [6.07, 6.45) is 3.56. The zero-order chi connectivity index (χ0) is 32.7. The van der Waals surface area contributed by atoms with Crippen LogP contribution in [0.25, 0.3) is 0 Å². The Bertz CT molecular complexity index is 1340. The molecule has 0 fully saturated rings. The minimum atomic E-state index is -2.77. The summed E-state index contributed by atoms with van der Waals surface area (Å²) >= 11 is 2.42. The Hall–Kier alpha value is -1.06. The molecule has 5 heteroatoms. The first-order chi connectivity index (χ1) is 20.6. The summed E-state index contributed by atoms with van der Waals surface area (Å²) in [5.41, 5.74) is 10.3. The second-order valence-corrected chi connectivity index (χ2v) is 20.0. The van der Waals surface area contributed by atoms with E-state index >= 15 is 0 Å². The van der Waals surface area contributed by atoms with E-state index < -0.39 is 8.07 Å². The van der Waals surface area contributed by atoms with Crippen molar-refractivity contribution in [2.45, 2.75) is 132 Å². The van der Waals surface area contributed by atoms with Gasteiger partial charge in [-0.25, -0.2) is 0 Å². The molecule has 4 rings (SSSR count). The van der Waals surface area contributed by atoms with Crippen molar-refractivity contribution in [3.8, 4) is 0 Å². The Morgan fingerprint density at radius 3 is 0.851 bits per heavy atom. The van der Waals surface area contributed by atoms with Crippen LogP contribution in [-0.2, 0) is 20.4 Å². The summed E-state index contributed by atoms with van der Waals surface area (Å²) in [6, 6.07) is 23.2. The number of halogens is 3. The molecular weight excluding hydrogens is 687 g/mol. The Morgan fingerprint density at radius 2 is 0.681 bits per heavy atom. The predicted octanol–water partition coefficient (Wildman–Crippen LogP) is 11.9. The largest absolute Gasteiger partial charge is 0.147 e. The van der Waals surface area contributed by atoms with Gasteiger partial charge in [0.15, 0.2) is 0 Å². The van der Waals surface area contributed by atoms with Crippen molar-refractivity contribution in [1.82, 2.24) is 0 Å². The van der Waals surface area contributed by atoms with Gasteiger partial charge < -0.3 is 0 Å². The van der Waals surface area contributed by atoms with E-state index in [0.717, 1.165) is 6.42 Å². The van der Waals surface area contributed by atoms with Gasteiger partial charge in [-0.1, -0.05) is 0 Å². The van der Waals surface area contributed by atoms with Gasteiger partial charge in [-0.05, 0) is 0 Å². The molecule has 0 N–H and O–H groups in total. The molecule has 1 aliphatic rings. The molecule has 0 heterocycles. The molecule has 257 valence electrons. The van der Waals surface area contributed by atoms with Crippen LogP contribution in [-0.4, -0.2) is 8.07 Å². The number of rotatable bonds is 10. The summed E-state index contributed by atoms with van der Waals surface area (Å²) in [5.74, 6) is 2.81. The second-order valence-electron chi connectivity index (χ2n) is 15.3. The van der Waals surface area contributed by atoms with Crippen LogP contribution in [0.3, 0.4) is 0 Å². The van der Waals surface area contributed by atoms with Crippen molar-refractivity contribution >= 4 is 60.9 Å². The zero-order valence-electron chi connectivity index (χ0n) is 31.2. The fraction of sp³-hybridized carbons (Fsp3) is 0.476. The molecule has 47 heavy (non-hydrogen) atoms. The van der Waals surface area contributed by atoms with Crippen molar-refractivity contribution in [1.29, 1.82) is 0 Å². The monoisotopic (exact) mass is 745 g/mol. The number of hydrogen-bond acceptors (Lipinski definition) is 0. The van der Waals surface area contributed by atoms with Crippen LogP contribution < -0.4 is 15.6 Å². The first-order valence-corrected chi connectivity index (χ1v) is 19.9. The third kappa shape index (κ3) is 9.00. The van der Waals surface area contributed by atoms with Crippen molar-refractivity contribution < 1.29 is 20.4 Å². The molecule has 0 aliphatic heterocycles. The van der Waals surface area contributed by atoms with E-state index in [4.69, 9.17) is 0 Å². The molecular formula is C42H60Cl3SiTi. The fourth-order valence-corrected chi connectivity index (χ4v) is 13.6. The third-order valence-electron chi connectivity index (χ3n) is 9.92. The van der Waals surface area contributed by atoms with Crippen LogP contribution in [0.4, 0.5) is 0 Å². The maximum Gasteiger partial charge on any atom is -0.147 e. The average Bonchev–Trinajstić information content (AvgIpc) is 3.30. The van der Waals surface area contributed by atoms with Crippen LogP contribution >= 0.6 is 37.2 Å². The van der Waals surface area contributed by atoms with Gasteiger partial charge in [0.1, 0.15) is 0 Å². The molecule has 0 bridgehead atoms. The molecule has 0 atom stereocenters. The van der Waals surface area contributed by atoms with E-state index in [9.17, 15) is 0 Å². The number of hydrogen-bond donors (Lipinski definition) is 0. The van der Waals surface area contributed by atoms with Crippen LogP contribution in [0.5, 0.6) is 0 Å². The normalized spacial score (nSPS) is 13.4. The minimum absolute atomic E-state index is 0. The summed E-state index contributed by atoms with van der Waals surface area (Å²) in [4.78, 5) is 0. The standard InChI is InChI=1S/C42H57Si.3ClH.Ti/c1-26(2)33-17-34(27(3)4)21-39(20-33)43(42-16-14-15-32(42)13,40-22-35(28(5)6)18-36(23-40)29(7)8)41-24-37(30(9)10)19-38(25-41)31(11)12;;;;/h15,17-31H,14H2,1-13H3;3*1H;. The Morgan fingerprint density at radius 1 is 0.447 bits per heavy atom. The molecule has 0 amide bonds. The Labute approximate surface area is 319 Å². The van der Waals surface area contributed by atoms with E-state index in [1.807, 2.05) is 0 Å². The fourth-order valence-electron chi connectivity index (χ4n) is 6.83. The SMILES string of the molecule is CC1=CC[C]([Ti])=C1[Si](c1cc(C(C)C)cc(C(C)C)c1)(c1cc(C(C)C)cc(C(C)C)c1)c1cc(C(C)C)cc(C(C)C)c1.Cl.Cl.Cl. The summed E-state index contributed by atoms with van der Waals surface area (Å²) in [6.45, 7) is 30.8. The van der Waals surface area contributed by atoms with Gasteiger partial charge in [-0.2, -0.15) is 0 Å². The minimum Gasteiger partial charge on any atom is -0.147 e. The van der Waals surface area contributed by atoms with Gasteiger partial charge >= 0.3 is 285 Å². The summed E-state index contributed by atoms with van der Waals surface area (Å²) in [5, 5.41) is 6.31. The molecule has 0 aromatic heterocycles. The molecule has 3 aromatic carbocycles. The van der Waals surface area contributed by atoms with E-state index in [0.29, 0.717) is 35.5 Å². The smallest absolute Gasteiger partial charge is 0.147 e. The van der Waals surface area contributed by atoms with E-state index in [2.05, 4.69) is 171 Å². The number of benzene rings is 3. The molecule has 1 aliphatic carbocycles. The van der Waals surface area contributed by atoms with Crippen LogP contribution in [0.15, 0.2) is 75.3 Å². The molecule has 0 saturated carbocycles. The van der Waals surface area contributed by atoms with Crippen molar-refractivity contribution in [2.75, 3.05) is 0 Å². The Balaban J connectivity index is 0.00000368. The van der Waals surface area contributed by atoms with Crippen LogP contribution in [0, 0.1) is 0 Å². The number of allylic oxidation sites excluding steroid dienone is 4. The molecule has 3 aromatic rings. The maximum atomic E-state index is 2.63. The first-order valence-electron chi connectivity index (χ1n) is 17.2. The average molecular weight is 747 g/mol. The Kier molecular flexibility index (Phi) is 16.6. The van der Waals surface area contributed by atoms with Gasteiger partial charge in [-0.3, -0.25) is 0 Å². The third-order valence-corrected chi connectivity index (χ3v) is 15.9. The quantitative estimate of drug-likeness (QED) is 0.143. The van der Waals surface area contributed by atoms with Gasteiger partial charge in [0, 0.05) is 0 Å². The maximum absolute atomic E-state index is 2.77. The van der Waals surface area contributed by atoms with E-state index in [1.165, 1.54) is 39.0 Å². The molecule has 0 spiro atoms. The predicted molar refractivity (Wildman–Crippen MR) is 216 cm³/mol. The van der Waals surface area contributed by atoms with Crippen LogP contribution in [0.1, 0.15) is 165 Å². The molecule has 0 saturated heterocycles. The van der Waals surface area contributed by atoms with Gasteiger partial charge in [0.05, 0.1) is 0 Å². The van der Waals surface area contributed by atoms with Crippen molar-refractivity contribution in [2.24, 2.45) is 0 Å².